The van der Waals surface area contributed by atoms with Gasteiger partial charge in [0, 0.05) is 11.9 Å². The monoisotopic (exact) mass is 368 g/mol. The largest absolute Gasteiger partial charge is 0.390 e. The van der Waals surface area contributed by atoms with Gasteiger partial charge in [-0.05, 0) is 85.5 Å². The van der Waals surface area contributed by atoms with E-state index in [0.29, 0.717) is 11.8 Å². The van der Waals surface area contributed by atoms with Gasteiger partial charge < -0.3 is 10.2 Å². The minimum atomic E-state index is -0.670. The predicted octanol–water partition coefficient (Wildman–Crippen LogP) is 3.24. The normalized spacial score (nSPS) is 48.4. The number of hydrogen-bond acceptors (Lipinski definition) is 4. The van der Waals surface area contributed by atoms with Crippen LogP contribution in [-0.2, 0) is 12.8 Å². The van der Waals surface area contributed by atoms with Gasteiger partial charge in [-0.2, -0.15) is 0 Å². The van der Waals surface area contributed by atoms with E-state index in [0.717, 1.165) is 43.6 Å². The Morgan fingerprint density at radius 2 is 1.89 bits per heavy atom. The zero-order valence-electron chi connectivity index (χ0n) is 16.8. The maximum absolute atomic E-state index is 11.3. The van der Waals surface area contributed by atoms with Crippen molar-refractivity contribution in [3.8, 4) is 0 Å². The van der Waals surface area contributed by atoms with Crippen LogP contribution in [0.2, 0.25) is 0 Å². The van der Waals surface area contributed by atoms with Crippen molar-refractivity contribution in [3.05, 3.63) is 35.4 Å². The molecule has 3 fully saturated rings. The Morgan fingerprint density at radius 3 is 2.67 bits per heavy atom. The van der Waals surface area contributed by atoms with Crippen molar-refractivity contribution >= 4 is 0 Å². The van der Waals surface area contributed by atoms with E-state index in [-0.39, 0.29) is 22.7 Å². The summed E-state index contributed by atoms with van der Waals surface area (Å²) in [7, 11) is 0. The first-order chi connectivity index (χ1) is 12.8. The van der Waals surface area contributed by atoms with E-state index in [9.17, 15) is 10.2 Å². The molecular weight excluding hydrogens is 336 g/mol. The summed E-state index contributed by atoms with van der Waals surface area (Å²) >= 11 is 0. The fraction of sp³-hybridized carbons (Fsp3) is 0.739. The zero-order valence-corrected chi connectivity index (χ0v) is 16.8. The highest BCUT2D eigenvalue weighted by atomic mass is 16.3. The quantitative estimate of drug-likeness (QED) is 0.690. The number of aliphatic hydroxyl groups excluding tert-OH is 2. The molecule has 1 aromatic rings. The van der Waals surface area contributed by atoms with Gasteiger partial charge in [0.25, 0.3) is 0 Å². The summed E-state index contributed by atoms with van der Waals surface area (Å²) in [5, 5.41) is 22.5. The SMILES string of the molecule is C=C1CC[C@H]2[C@@H]3[C@@H](O)[C@H](O)[C@H]4Cc5nc(C)ncc5C[C@]4(C)[C@H]3CC[C@]12C. The molecule has 4 heteroatoms. The summed E-state index contributed by atoms with van der Waals surface area (Å²) in [6.07, 6.45) is 6.84. The van der Waals surface area contributed by atoms with Crippen molar-refractivity contribution in [1.82, 2.24) is 9.97 Å². The Kier molecular flexibility index (Phi) is 3.72. The third-order valence-electron chi connectivity index (χ3n) is 9.20. The van der Waals surface area contributed by atoms with Gasteiger partial charge in [-0.1, -0.05) is 26.0 Å². The van der Waals surface area contributed by atoms with Crippen molar-refractivity contribution < 1.29 is 10.2 Å². The lowest BCUT2D eigenvalue weighted by Gasteiger charge is -2.62. The lowest BCUT2D eigenvalue weighted by atomic mass is 9.43. The molecule has 0 spiro atoms. The molecule has 3 saturated carbocycles. The topological polar surface area (TPSA) is 66.2 Å². The number of aryl methyl sites for hydroxylation is 1. The summed E-state index contributed by atoms with van der Waals surface area (Å²) in [6, 6.07) is 0. The smallest absolute Gasteiger partial charge is 0.125 e. The van der Waals surface area contributed by atoms with Gasteiger partial charge in [-0.15, -0.1) is 0 Å². The molecule has 0 bridgehead atoms. The summed E-state index contributed by atoms with van der Waals surface area (Å²) in [5.74, 6) is 1.93. The van der Waals surface area contributed by atoms with Gasteiger partial charge in [-0.3, -0.25) is 0 Å². The van der Waals surface area contributed by atoms with Crippen LogP contribution in [0.25, 0.3) is 0 Å². The van der Waals surface area contributed by atoms with Crippen LogP contribution in [0, 0.1) is 41.4 Å². The third-order valence-corrected chi connectivity index (χ3v) is 9.20. The van der Waals surface area contributed by atoms with Crippen LogP contribution < -0.4 is 0 Å². The van der Waals surface area contributed by atoms with Gasteiger partial charge in [0.15, 0.2) is 0 Å². The summed E-state index contributed by atoms with van der Waals surface area (Å²) in [5.41, 5.74) is 3.81. The Labute approximate surface area is 162 Å². The summed E-state index contributed by atoms with van der Waals surface area (Å²) in [4.78, 5) is 9.10. The maximum Gasteiger partial charge on any atom is 0.125 e. The molecule has 4 aliphatic carbocycles. The van der Waals surface area contributed by atoms with Gasteiger partial charge in [-0.25, -0.2) is 9.97 Å². The fourth-order valence-corrected chi connectivity index (χ4v) is 7.58. The van der Waals surface area contributed by atoms with E-state index in [1.54, 1.807) is 0 Å². The second-order valence-electron chi connectivity index (χ2n) is 10.3. The molecule has 8 atom stereocenters. The minimum absolute atomic E-state index is 0.000183. The molecule has 5 rings (SSSR count). The average molecular weight is 369 g/mol. The van der Waals surface area contributed by atoms with Gasteiger partial charge in [0.05, 0.1) is 12.2 Å². The van der Waals surface area contributed by atoms with Crippen LogP contribution in [0.4, 0.5) is 0 Å². The second kappa shape index (κ2) is 5.64. The zero-order chi connectivity index (χ0) is 19.1. The molecule has 0 unspecified atom stereocenters. The number of aromatic nitrogens is 2. The van der Waals surface area contributed by atoms with E-state index in [1.165, 1.54) is 17.6 Å². The second-order valence-corrected chi connectivity index (χ2v) is 10.3. The first kappa shape index (κ1) is 17.8. The average Bonchev–Trinajstić information content (AvgIpc) is 2.94. The Hall–Kier alpha value is -1.26. The first-order valence-corrected chi connectivity index (χ1v) is 10.6. The van der Waals surface area contributed by atoms with Crippen molar-refractivity contribution in [1.29, 1.82) is 0 Å². The first-order valence-electron chi connectivity index (χ1n) is 10.6. The van der Waals surface area contributed by atoms with E-state index in [2.05, 4.69) is 30.4 Å². The van der Waals surface area contributed by atoms with Crippen LogP contribution in [0.3, 0.4) is 0 Å². The molecule has 1 aromatic heterocycles. The Bertz CT molecular complexity index is 808. The maximum atomic E-state index is 11.3. The molecular formula is C23H32N2O2. The van der Waals surface area contributed by atoms with Crippen molar-refractivity contribution in [2.75, 3.05) is 0 Å². The van der Waals surface area contributed by atoms with Crippen LogP contribution in [0.1, 0.15) is 56.6 Å². The summed E-state index contributed by atoms with van der Waals surface area (Å²) < 4.78 is 0. The highest BCUT2D eigenvalue weighted by molar-refractivity contribution is 5.29. The molecule has 0 aliphatic heterocycles. The van der Waals surface area contributed by atoms with Crippen LogP contribution in [0.15, 0.2) is 18.3 Å². The predicted molar refractivity (Wildman–Crippen MR) is 104 cm³/mol. The Morgan fingerprint density at radius 1 is 1.11 bits per heavy atom. The molecule has 0 saturated heterocycles. The van der Waals surface area contributed by atoms with Crippen molar-refractivity contribution in [2.24, 2.45) is 34.5 Å². The number of allylic oxidation sites excluding steroid dienone is 1. The fourth-order valence-electron chi connectivity index (χ4n) is 7.58. The molecule has 4 aliphatic rings. The van der Waals surface area contributed by atoms with E-state index in [4.69, 9.17) is 0 Å². The number of nitrogens with zero attached hydrogens (tertiary/aromatic N) is 2. The Balaban J connectivity index is 1.58. The minimum Gasteiger partial charge on any atom is -0.390 e. The van der Waals surface area contributed by atoms with Gasteiger partial charge in [0.2, 0.25) is 0 Å². The highest BCUT2D eigenvalue weighted by Gasteiger charge is 2.63. The van der Waals surface area contributed by atoms with E-state index in [1.807, 2.05) is 13.1 Å². The molecule has 27 heavy (non-hydrogen) atoms. The molecule has 1 heterocycles. The van der Waals surface area contributed by atoms with Crippen LogP contribution in [0.5, 0.6) is 0 Å². The molecule has 0 aromatic carbocycles. The molecule has 146 valence electrons. The van der Waals surface area contributed by atoms with E-state index < -0.39 is 12.2 Å². The lowest BCUT2D eigenvalue weighted by molar-refractivity contribution is -0.201. The molecule has 2 N–H and O–H groups in total. The van der Waals surface area contributed by atoms with E-state index >= 15 is 0 Å². The third kappa shape index (κ3) is 2.23. The number of fused-ring (bicyclic) bond motifs is 6. The van der Waals surface area contributed by atoms with Gasteiger partial charge >= 0.3 is 0 Å². The van der Waals surface area contributed by atoms with Gasteiger partial charge in [0.1, 0.15) is 5.82 Å². The molecule has 0 amide bonds. The lowest BCUT2D eigenvalue weighted by Crippen LogP contribution is -2.64. The van der Waals surface area contributed by atoms with Crippen LogP contribution in [-0.4, -0.2) is 32.4 Å². The van der Waals surface area contributed by atoms with Crippen molar-refractivity contribution in [3.63, 3.8) is 0 Å². The van der Waals surface area contributed by atoms with Crippen molar-refractivity contribution in [2.45, 2.75) is 71.5 Å². The number of hydrogen-bond donors (Lipinski definition) is 2. The number of aliphatic hydroxyl groups is 2. The molecule has 0 radical (unpaired) electrons. The standard InChI is InChI=1S/C23H32N2O2/c1-12-5-6-15-19-16(7-8-22(12,15)3)23(4)10-14-11-24-13(2)25-18(14)9-17(23)20(26)21(19)27/h11,15-17,19-21,26-27H,1,5-10H2,2-4H3/t15-,16-,17+,19-,20+,21+,22+,23+/m0/s1. The number of rotatable bonds is 0. The summed E-state index contributed by atoms with van der Waals surface area (Å²) in [6.45, 7) is 11.0. The molecule has 4 nitrogen and oxygen atoms in total. The highest BCUT2D eigenvalue weighted by Crippen LogP contribution is 2.66. The van der Waals surface area contributed by atoms with Crippen LogP contribution >= 0.6 is 0 Å².